The molecule has 12 heavy (non-hydrogen) atoms. The Balaban J connectivity index is 2.72. The molecule has 1 unspecified atom stereocenters. The molecule has 0 aliphatic heterocycles. The Morgan fingerprint density at radius 2 is 2.33 bits per heavy atom. The summed E-state index contributed by atoms with van der Waals surface area (Å²) in [4.78, 5) is 0. The number of halogens is 1. The molecular formula is C9H14ClNO. The lowest BCUT2D eigenvalue weighted by Crippen LogP contribution is -2.19. The van der Waals surface area contributed by atoms with Crippen LogP contribution in [0.3, 0.4) is 0 Å². The fourth-order valence-electron chi connectivity index (χ4n) is 1.27. The summed E-state index contributed by atoms with van der Waals surface area (Å²) in [7, 11) is 0. The van der Waals surface area contributed by atoms with Crippen molar-refractivity contribution in [3.8, 4) is 0 Å². The smallest absolute Gasteiger partial charge is 0.197 e. The number of nitrogens with one attached hydrogen (secondary N) is 1. The molecule has 0 saturated carbocycles. The zero-order valence-corrected chi connectivity index (χ0v) is 8.19. The van der Waals surface area contributed by atoms with Gasteiger partial charge in [-0.2, -0.15) is 0 Å². The summed E-state index contributed by atoms with van der Waals surface area (Å²) in [6.45, 7) is 5.15. The molecule has 3 heteroatoms. The van der Waals surface area contributed by atoms with Gasteiger partial charge in [0.1, 0.15) is 0 Å². The van der Waals surface area contributed by atoms with Gasteiger partial charge >= 0.3 is 0 Å². The predicted molar refractivity (Wildman–Crippen MR) is 50.4 cm³/mol. The van der Waals surface area contributed by atoms with Crippen molar-refractivity contribution in [3.05, 3.63) is 23.1 Å². The average molecular weight is 188 g/mol. The first-order valence-electron chi connectivity index (χ1n) is 4.25. The van der Waals surface area contributed by atoms with Crippen LogP contribution < -0.4 is 5.32 Å². The van der Waals surface area contributed by atoms with Gasteiger partial charge in [0, 0.05) is 11.6 Å². The van der Waals surface area contributed by atoms with Crippen LogP contribution in [0, 0.1) is 0 Å². The molecule has 0 bridgehead atoms. The first-order valence-corrected chi connectivity index (χ1v) is 4.63. The van der Waals surface area contributed by atoms with Crippen LogP contribution >= 0.6 is 11.6 Å². The Labute approximate surface area is 77.9 Å². The minimum absolute atomic E-state index is 0.321. The zero-order chi connectivity index (χ0) is 8.97. The largest absolute Gasteiger partial charge is 0.453 e. The molecule has 1 N–H and O–H groups in total. The van der Waals surface area contributed by atoms with Gasteiger partial charge < -0.3 is 9.73 Å². The first-order chi connectivity index (χ1) is 5.79. The molecule has 2 nitrogen and oxygen atoms in total. The highest BCUT2D eigenvalue weighted by molar-refractivity contribution is 6.29. The van der Waals surface area contributed by atoms with Crippen LogP contribution in [0.15, 0.2) is 16.7 Å². The molecule has 0 amide bonds. The van der Waals surface area contributed by atoms with Crippen molar-refractivity contribution in [1.82, 2.24) is 5.32 Å². The lowest BCUT2D eigenvalue weighted by atomic mass is 10.1. The van der Waals surface area contributed by atoms with Gasteiger partial charge in [0.25, 0.3) is 0 Å². The van der Waals surface area contributed by atoms with Gasteiger partial charge in [-0.15, -0.1) is 0 Å². The Bertz CT molecular complexity index is 234. The van der Waals surface area contributed by atoms with Crippen LogP contribution in [0.1, 0.15) is 31.9 Å². The molecule has 0 fully saturated rings. The third-order valence-electron chi connectivity index (χ3n) is 1.88. The monoisotopic (exact) mass is 187 g/mol. The predicted octanol–water partition coefficient (Wildman–Crippen LogP) is 2.99. The minimum Gasteiger partial charge on any atom is -0.453 e. The van der Waals surface area contributed by atoms with Crippen molar-refractivity contribution in [2.45, 2.75) is 26.3 Å². The molecule has 0 aromatic carbocycles. The van der Waals surface area contributed by atoms with E-state index in [1.54, 1.807) is 6.26 Å². The highest BCUT2D eigenvalue weighted by atomic mass is 35.5. The summed E-state index contributed by atoms with van der Waals surface area (Å²) >= 11 is 5.84. The number of furan rings is 1. The van der Waals surface area contributed by atoms with Gasteiger partial charge in [-0.25, -0.2) is 0 Å². The summed E-state index contributed by atoms with van der Waals surface area (Å²) in [6.07, 6.45) is 2.64. The highest BCUT2D eigenvalue weighted by Crippen LogP contribution is 2.25. The highest BCUT2D eigenvalue weighted by Gasteiger charge is 2.13. The number of rotatable bonds is 4. The molecule has 0 aliphatic carbocycles. The number of hydrogen-bond acceptors (Lipinski definition) is 2. The van der Waals surface area contributed by atoms with Crippen LogP contribution in [-0.2, 0) is 0 Å². The van der Waals surface area contributed by atoms with E-state index in [1.807, 2.05) is 6.07 Å². The van der Waals surface area contributed by atoms with Crippen molar-refractivity contribution >= 4 is 11.6 Å². The second-order valence-electron chi connectivity index (χ2n) is 2.67. The quantitative estimate of drug-likeness (QED) is 0.784. The lowest BCUT2D eigenvalue weighted by Gasteiger charge is -2.13. The Morgan fingerprint density at radius 3 is 2.75 bits per heavy atom. The summed E-state index contributed by atoms with van der Waals surface area (Å²) in [5, 5.41) is 3.83. The van der Waals surface area contributed by atoms with Crippen molar-refractivity contribution in [1.29, 1.82) is 0 Å². The van der Waals surface area contributed by atoms with E-state index in [9.17, 15) is 0 Å². The summed E-state index contributed by atoms with van der Waals surface area (Å²) in [5.74, 6) is 0. The van der Waals surface area contributed by atoms with Gasteiger partial charge in [-0.1, -0.05) is 13.8 Å². The molecule has 68 valence electrons. The topological polar surface area (TPSA) is 25.2 Å². The van der Waals surface area contributed by atoms with Gasteiger partial charge in [0.15, 0.2) is 5.22 Å². The third-order valence-corrected chi connectivity index (χ3v) is 2.19. The van der Waals surface area contributed by atoms with E-state index in [0.717, 1.165) is 18.5 Å². The van der Waals surface area contributed by atoms with E-state index >= 15 is 0 Å². The normalized spacial score (nSPS) is 13.2. The van der Waals surface area contributed by atoms with E-state index in [2.05, 4.69) is 19.2 Å². The van der Waals surface area contributed by atoms with E-state index in [4.69, 9.17) is 16.0 Å². The molecule has 1 aromatic rings. The van der Waals surface area contributed by atoms with Crippen LogP contribution in [0.5, 0.6) is 0 Å². The maximum Gasteiger partial charge on any atom is 0.197 e. The van der Waals surface area contributed by atoms with Crippen LogP contribution in [-0.4, -0.2) is 6.54 Å². The van der Waals surface area contributed by atoms with Gasteiger partial charge in [0.2, 0.25) is 0 Å². The van der Waals surface area contributed by atoms with Crippen LogP contribution in [0.4, 0.5) is 0 Å². The van der Waals surface area contributed by atoms with Gasteiger partial charge in [0.05, 0.1) is 6.26 Å². The summed E-state index contributed by atoms with van der Waals surface area (Å²) < 4.78 is 5.02. The molecule has 1 atom stereocenters. The van der Waals surface area contributed by atoms with Crippen LogP contribution in [0.2, 0.25) is 5.22 Å². The molecular weight excluding hydrogens is 174 g/mol. The van der Waals surface area contributed by atoms with E-state index in [0.29, 0.717) is 11.3 Å². The van der Waals surface area contributed by atoms with Crippen molar-refractivity contribution < 1.29 is 4.42 Å². The van der Waals surface area contributed by atoms with E-state index < -0.39 is 0 Å². The fraction of sp³-hybridized carbons (Fsp3) is 0.556. The maximum atomic E-state index is 5.84. The third kappa shape index (κ3) is 2.02. The lowest BCUT2D eigenvalue weighted by molar-refractivity contribution is 0.518. The Kier molecular flexibility index (Phi) is 3.63. The van der Waals surface area contributed by atoms with Crippen molar-refractivity contribution in [2.75, 3.05) is 6.54 Å². The van der Waals surface area contributed by atoms with Crippen molar-refractivity contribution in [2.24, 2.45) is 0 Å². The molecule has 0 aliphatic rings. The average Bonchev–Trinajstić information content (AvgIpc) is 2.47. The second-order valence-corrected chi connectivity index (χ2v) is 3.01. The molecule has 1 aromatic heterocycles. The summed E-state index contributed by atoms with van der Waals surface area (Å²) in [6, 6.07) is 2.24. The number of hydrogen-bond donors (Lipinski definition) is 1. The van der Waals surface area contributed by atoms with E-state index in [-0.39, 0.29) is 0 Å². The maximum absolute atomic E-state index is 5.84. The molecule has 1 rings (SSSR count). The molecule has 0 saturated heterocycles. The molecule has 0 radical (unpaired) electrons. The first kappa shape index (κ1) is 9.62. The SMILES string of the molecule is CCNC(CC)c1ccoc1Cl. The van der Waals surface area contributed by atoms with Gasteiger partial charge in [-0.3, -0.25) is 0 Å². The zero-order valence-electron chi connectivity index (χ0n) is 7.43. The standard InChI is InChI=1S/C9H14ClNO/c1-3-8(11-4-2)7-5-6-12-9(7)10/h5-6,8,11H,3-4H2,1-2H3. The molecule has 1 heterocycles. The van der Waals surface area contributed by atoms with E-state index in [1.165, 1.54) is 0 Å². The van der Waals surface area contributed by atoms with Gasteiger partial charge in [-0.05, 0) is 30.6 Å². The second kappa shape index (κ2) is 4.53. The Hall–Kier alpha value is -0.470. The summed E-state index contributed by atoms with van der Waals surface area (Å²) in [5.41, 5.74) is 1.06. The fourth-order valence-corrected chi connectivity index (χ4v) is 1.52. The Morgan fingerprint density at radius 1 is 1.58 bits per heavy atom. The minimum atomic E-state index is 0.321. The molecule has 0 spiro atoms. The van der Waals surface area contributed by atoms with Crippen molar-refractivity contribution in [3.63, 3.8) is 0 Å². The van der Waals surface area contributed by atoms with Crippen LogP contribution in [0.25, 0.3) is 0 Å².